The van der Waals surface area contributed by atoms with Crippen molar-refractivity contribution in [2.45, 2.75) is 51.2 Å². The zero-order valence-electron chi connectivity index (χ0n) is 10.7. The number of fused-ring (bicyclic) bond motifs is 1. The molecule has 2 unspecified atom stereocenters. The lowest BCUT2D eigenvalue weighted by molar-refractivity contribution is 0.128. The van der Waals surface area contributed by atoms with E-state index in [2.05, 4.69) is 30.2 Å². The van der Waals surface area contributed by atoms with E-state index in [1.807, 2.05) is 12.3 Å². The Hall–Kier alpha value is -0.930. The lowest BCUT2D eigenvalue weighted by Gasteiger charge is -2.28. The second-order valence-electron chi connectivity index (χ2n) is 5.18. The zero-order chi connectivity index (χ0) is 12.3. The predicted octanol–water partition coefficient (Wildman–Crippen LogP) is 1.86. The van der Waals surface area contributed by atoms with E-state index >= 15 is 0 Å². The third-order valence-corrected chi connectivity index (χ3v) is 3.44. The van der Waals surface area contributed by atoms with Crippen molar-refractivity contribution in [2.75, 3.05) is 6.54 Å². The Morgan fingerprint density at radius 2 is 2.35 bits per heavy atom. The van der Waals surface area contributed by atoms with Crippen molar-refractivity contribution < 1.29 is 5.11 Å². The Morgan fingerprint density at radius 3 is 3.12 bits per heavy atom. The van der Waals surface area contributed by atoms with E-state index in [9.17, 15) is 5.11 Å². The number of pyridine rings is 1. The standard InChI is InChI=1S/C14H22N2O/c1-10(2)16-9-13(17)12-7-3-5-11-6-4-8-15-14(11)12/h4,6,8,10,12-13,16-17H,3,5,7,9H2,1-2H3. The van der Waals surface area contributed by atoms with Crippen LogP contribution in [0.15, 0.2) is 18.3 Å². The molecule has 0 aliphatic heterocycles. The van der Waals surface area contributed by atoms with Crippen LogP contribution in [0.4, 0.5) is 0 Å². The molecular formula is C14H22N2O. The average Bonchev–Trinajstić information content (AvgIpc) is 2.35. The van der Waals surface area contributed by atoms with E-state index in [4.69, 9.17) is 0 Å². The number of hydrogen-bond acceptors (Lipinski definition) is 3. The van der Waals surface area contributed by atoms with Gasteiger partial charge in [0.1, 0.15) is 0 Å². The van der Waals surface area contributed by atoms with Gasteiger partial charge in [-0.05, 0) is 30.9 Å². The molecule has 2 rings (SSSR count). The molecule has 3 nitrogen and oxygen atoms in total. The first-order valence-electron chi connectivity index (χ1n) is 6.53. The van der Waals surface area contributed by atoms with E-state index in [0.29, 0.717) is 12.6 Å². The summed E-state index contributed by atoms with van der Waals surface area (Å²) in [5.74, 6) is 0.200. The second kappa shape index (κ2) is 5.61. The largest absolute Gasteiger partial charge is 0.391 e. The molecule has 0 saturated carbocycles. The van der Waals surface area contributed by atoms with Crippen molar-refractivity contribution in [2.24, 2.45) is 0 Å². The molecular weight excluding hydrogens is 212 g/mol. The van der Waals surface area contributed by atoms with E-state index in [1.165, 1.54) is 5.56 Å². The van der Waals surface area contributed by atoms with Crippen LogP contribution in [-0.4, -0.2) is 28.8 Å². The fraction of sp³-hybridized carbons (Fsp3) is 0.643. The number of nitrogens with one attached hydrogen (secondary N) is 1. The van der Waals surface area contributed by atoms with Gasteiger partial charge in [-0.1, -0.05) is 19.9 Å². The SMILES string of the molecule is CC(C)NCC(O)C1CCCc2cccnc21. The molecule has 0 spiro atoms. The minimum atomic E-state index is -0.327. The fourth-order valence-electron chi connectivity index (χ4n) is 2.52. The summed E-state index contributed by atoms with van der Waals surface area (Å²) >= 11 is 0. The third-order valence-electron chi connectivity index (χ3n) is 3.44. The molecule has 1 aliphatic carbocycles. The van der Waals surface area contributed by atoms with Gasteiger partial charge in [-0.25, -0.2) is 0 Å². The van der Waals surface area contributed by atoms with Crippen molar-refractivity contribution in [1.29, 1.82) is 0 Å². The lowest BCUT2D eigenvalue weighted by Crippen LogP contribution is -2.36. The highest BCUT2D eigenvalue weighted by Crippen LogP contribution is 2.32. The lowest BCUT2D eigenvalue weighted by atomic mass is 9.83. The van der Waals surface area contributed by atoms with Crippen molar-refractivity contribution in [3.05, 3.63) is 29.6 Å². The van der Waals surface area contributed by atoms with Crippen molar-refractivity contribution in [3.8, 4) is 0 Å². The molecule has 0 radical (unpaired) electrons. The molecule has 1 aliphatic rings. The summed E-state index contributed by atoms with van der Waals surface area (Å²) in [6.07, 6.45) is 4.81. The van der Waals surface area contributed by atoms with Gasteiger partial charge in [-0.15, -0.1) is 0 Å². The fourth-order valence-corrected chi connectivity index (χ4v) is 2.52. The Balaban J connectivity index is 2.07. The van der Waals surface area contributed by atoms with Crippen molar-refractivity contribution in [1.82, 2.24) is 10.3 Å². The summed E-state index contributed by atoms with van der Waals surface area (Å²) in [5.41, 5.74) is 2.42. The summed E-state index contributed by atoms with van der Waals surface area (Å²) in [6.45, 7) is 4.85. The van der Waals surface area contributed by atoms with Gasteiger partial charge >= 0.3 is 0 Å². The van der Waals surface area contributed by atoms with Gasteiger partial charge in [0.2, 0.25) is 0 Å². The van der Waals surface area contributed by atoms with Crippen LogP contribution in [0.1, 0.15) is 43.9 Å². The van der Waals surface area contributed by atoms with E-state index in [0.717, 1.165) is 25.0 Å². The summed E-state index contributed by atoms with van der Waals surface area (Å²) in [6, 6.07) is 4.54. The van der Waals surface area contributed by atoms with Crippen LogP contribution in [-0.2, 0) is 6.42 Å². The molecule has 0 bridgehead atoms. The summed E-state index contributed by atoms with van der Waals surface area (Å²) in [4.78, 5) is 4.46. The molecule has 1 heterocycles. The molecule has 0 amide bonds. The maximum atomic E-state index is 10.3. The number of aryl methyl sites for hydroxylation is 1. The average molecular weight is 234 g/mol. The Bertz CT molecular complexity index is 365. The van der Waals surface area contributed by atoms with Crippen LogP contribution in [0, 0.1) is 0 Å². The monoisotopic (exact) mass is 234 g/mol. The van der Waals surface area contributed by atoms with E-state index < -0.39 is 0 Å². The van der Waals surface area contributed by atoms with Gasteiger partial charge in [0, 0.05) is 30.4 Å². The molecule has 2 atom stereocenters. The van der Waals surface area contributed by atoms with Crippen LogP contribution >= 0.6 is 0 Å². The number of aliphatic hydroxyl groups is 1. The molecule has 2 N–H and O–H groups in total. The third kappa shape index (κ3) is 3.05. The highest BCUT2D eigenvalue weighted by atomic mass is 16.3. The predicted molar refractivity (Wildman–Crippen MR) is 69.1 cm³/mol. The van der Waals surface area contributed by atoms with Crippen LogP contribution in [0.5, 0.6) is 0 Å². The minimum absolute atomic E-state index is 0.200. The first-order chi connectivity index (χ1) is 8.18. The first kappa shape index (κ1) is 12.5. The number of nitrogens with zero attached hydrogens (tertiary/aromatic N) is 1. The van der Waals surface area contributed by atoms with Crippen LogP contribution in [0.2, 0.25) is 0 Å². The highest BCUT2D eigenvalue weighted by Gasteiger charge is 2.27. The molecule has 94 valence electrons. The molecule has 1 aromatic heterocycles. The van der Waals surface area contributed by atoms with Crippen molar-refractivity contribution >= 4 is 0 Å². The second-order valence-corrected chi connectivity index (χ2v) is 5.18. The van der Waals surface area contributed by atoms with E-state index in [-0.39, 0.29) is 12.0 Å². The van der Waals surface area contributed by atoms with Gasteiger partial charge in [0.25, 0.3) is 0 Å². The Labute approximate surface area is 103 Å². The molecule has 0 saturated heterocycles. The normalized spacial score (nSPS) is 21.3. The molecule has 17 heavy (non-hydrogen) atoms. The van der Waals surface area contributed by atoms with Crippen LogP contribution in [0.25, 0.3) is 0 Å². The maximum absolute atomic E-state index is 10.3. The first-order valence-corrected chi connectivity index (χ1v) is 6.53. The van der Waals surface area contributed by atoms with Gasteiger partial charge in [0.15, 0.2) is 0 Å². The highest BCUT2D eigenvalue weighted by molar-refractivity contribution is 5.26. The smallest absolute Gasteiger partial charge is 0.0748 e. The Morgan fingerprint density at radius 1 is 1.53 bits per heavy atom. The summed E-state index contributed by atoms with van der Waals surface area (Å²) in [5, 5.41) is 13.6. The molecule has 0 fully saturated rings. The quantitative estimate of drug-likeness (QED) is 0.836. The van der Waals surface area contributed by atoms with Gasteiger partial charge < -0.3 is 10.4 Å². The van der Waals surface area contributed by atoms with Crippen molar-refractivity contribution in [3.63, 3.8) is 0 Å². The molecule has 0 aromatic carbocycles. The van der Waals surface area contributed by atoms with Crippen LogP contribution < -0.4 is 5.32 Å². The number of aliphatic hydroxyl groups excluding tert-OH is 1. The summed E-state index contributed by atoms with van der Waals surface area (Å²) in [7, 11) is 0. The number of aromatic nitrogens is 1. The van der Waals surface area contributed by atoms with E-state index in [1.54, 1.807) is 0 Å². The topological polar surface area (TPSA) is 45.1 Å². The molecule has 3 heteroatoms. The number of rotatable bonds is 4. The maximum Gasteiger partial charge on any atom is 0.0748 e. The Kier molecular flexibility index (Phi) is 4.13. The van der Waals surface area contributed by atoms with Gasteiger partial charge in [0.05, 0.1) is 6.10 Å². The minimum Gasteiger partial charge on any atom is -0.391 e. The van der Waals surface area contributed by atoms with Gasteiger partial charge in [-0.3, -0.25) is 4.98 Å². The van der Waals surface area contributed by atoms with Crippen LogP contribution in [0.3, 0.4) is 0 Å². The molecule has 1 aromatic rings. The zero-order valence-corrected chi connectivity index (χ0v) is 10.7. The summed E-state index contributed by atoms with van der Waals surface area (Å²) < 4.78 is 0. The van der Waals surface area contributed by atoms with Gasteiger partial charge in [-0.2, -0.15) is 0 Å². The number of hydrogen-bond donors (Lipinski definition) is 2.